The molecule has 0 amide bonds. The Balaban J connectivity index is 2.70. The van der Waals surface area contributed by atoms with E-state index in [0.717, 1.165) is 28.8 Å². The van der Waals surface area contributed by atoms with Crippen LogP contribution >= 0.6 is 0 Å². The maximum Gasteiger partial charge on any atom is 0.203 e. The Morgan fingerprint density at radius 3 is 2.27 bits per heavy atom. The summed E-state index contributed by atoms with van der Waals surface area (Å²) in [6.07, 6.45) is 2.33. The topological polar surface area (TPSA) is 34.1 Å². The van der Waals surface area contributed by atoms with Gasteiger partial charge in [0.1, 0.15) is 0 Å². The number of aryl methyl sites for hydroxylation is 1. The van der Waals surface area contributed by atoms with Crippen LogP contribution in [0.15, 0.2) is 53.4 Å². The molecular weight excluding hydrogens is 292 g/mol. The Morgan fingerprint density at radius 1 is 1.05 bits per heavy atom. The molecule has 0 atom stereocenters. The van der Waals surface area contributed by atoms with E-state index in [-0.39, 0.29) is 0 Å². The summed E-state index contributed by atoms with van der Waals surface area (Å²) in [5.41, 5.74) is 1.05. The standard InChI is InChI=1S/C19H22O2S/c1-4-5-10-19(18-9-7-6-8-16(18)3)22(20,21)17-13-11-15(2)12-14-17/h6-9,11-14H,3-5,10H2,1-2H3/b19-18-. The molecule has 0 heterocycles. The van der Waals surface area contributed by atoms with Gasteiger partial charge in [-0.1, -0.05) is 61.9 Å². The van der Waals surface area contributed by atoms with E-state index >= 15 is 0 Å². The molecule has 3 heteroatoms. The van der Waals surface area contributed by atoms with E-state index < -0.39 is 9.84 Å². The molecule has 0 bridgehead atoms. The van der Waals surface area contributed by atoms with Crippen LogP contribution in [0.4, 0.5) is 0 Å². The first-order chi connectivity index (χ1) is 10.5. The molecule has 116 valence electrons. The van der Waals surface area contributed by atoms with Crippen LogP contribution in [0, 0.1) is 6.92 Å². The third kappa shape index (κ3) is 3.47. The molecule has 0 aliphatic carbocycles. The molecule has 2 aromatic rings. The maximum atomic E-state index is 13.0. The number of rotatable bonds is 5. The summed E-state index contributed by atoms with van der Waals surface area (Å²) in [7, 11) is -3.49. The van der Waals surface area contributed by atoms with E-state index in [1.165, 1.54) is 0 Å². The van der Waals surface area contributed by atoms with E-state index in [4.69, 9.17) is 0 Å². The number of unbranched alkanes of at least 4 members (excludes halogenated alkanes) is 1. The van der Waals surface area contributed by atoms with Crippen molar-refractivity contribution < 1.29 is 8.42 Å². The largest absolute Gasteiger partial charge is 0.219 e. The summed E-state index contributed by atoms with van der Waals surface area (Å²) in [5, 5.41) is 1.49. The van der Waals surface area contributed by atoms with Crippen molar-refractivity contribution in [2.24, 2.45) is 0 Å². The van der Waals surface area contributed by atoms with Crippen LogP contribution in [-0.2, 0) is 9.84 Å². The molecule has 2 nitrogen and oxygen atoms in total. The Bertz CT molecular complexity index is 847. The van der Waals surface area contributed by atoms with Crippen LogP contribution in [0.25, 0.3) is 11.5 Å². The van der Waals surface area contributed by atoms with E-state index in [9.17, 15) is 8.42 Å². The van der Waals surface area contributed by atoms with Crippen LogP contribution in [0.1, 0.15) is 31.7 Å². The Kier molecular flexibility index (Phi) is 5.19. The maximum absolute atomic E-state index is 13.0. The summed E-state index contributed by atoms with van der Waals surface area (Å²) >= 11 is 0. The van der Waals surface area contributed by atoms with Gasteiger partial charge >= 0.3 is 0 Å². The molecule has 0 aromatic heterocycles. The first-order valence-electron chi connectivity index (χ1n) is 7.55. The normalized spacial score (nSPS) is 13.0. The molecule has 22 heavy (non-hydrogen) atoms. The summed E-state index contributed by atoms with van der Waals surface area (Å²) in [6.45, 7) is 8.00. The van der Waals surface area contributed by atoms with Gasteiger partial charge in [-0.15, -0.1) is 0 Å². The number of benzene rings is 2. The number of hydrogen-bond acceptors (Lipinski definition) is 2. The SMILES string of the molecule is C=c1cccc/c1=C(\CCCC)S(=O)(=O)c1ccc(C)cc1. The predicted molar refractivity (Wildman–Crippen MR) is 92.5 cm³/mol. The first-order valence-corrected chi connectivity index (χ1v) is 9.04. The second-order valence-electron chi connectivity index (χ2n) is 5.50. The quantitative estimate of drug-likeness (QED) is 0.849. The van der Waals surface area contributed by atoms with Crippen LogP contribution in [0.5, 0.6) is 0 Å². The molecule has 2 aromatic carbocycles. The van der Waals surface area contributed by atoms with Gasteiger partial charge in [0.15, 0.2) is 0 Å². The van der Waals surface area contributed by atoms with Crippen LogP contribution < -0.4 is 10.4 Å². The zero-order chi connectivity index (χ0) is 16.2. The average molecular weight is 314 g/mol. The van der Waals surface area contributed by atoms with Crippen molar-refractivity contribution in [3.8, 4) is 0 Å². The fraction of sp³-hybridized carbons (Fsp3) is 0.263. The van der Waals surface area contributed by atoms with Gasteiger partial charge < -0.3 is 0 Å². The zero-order valence-electron chi connectivity index (χ0n) is 13.2. The second-order valence-corrected chi connectivity index (χ2v) is 7.47. The Morgan fingerprint density at radius 2 is 1.68 bits per heavy atom. The zero-order valence-corrected chi connectivity index (χ0v) is 14.0. The molecule has 0 aliphatic rings. The average Bonchev–Trinajstić information content (AvgIpc) is 2.49. The Labute approximate surface area is 132 Å². The van der Waals surface area contributed by atoms with E-state index in [1.807, 2.05) is 43.3 Å². The van der Waals surface area contributed by atoms with Gasteiger partial charge in [-0.05, 0) is 42.3 Å². The molecule has 0 saturated heterocycles. The van der Waals surface area contributed by atoms with Crippen molar-refractivity contribution in [3.63, 3.8) is 0 Å². The third-order valence-electron chi connectivity index (χ3n) is 3.73. The highest BCUT2D eigenvalue weighted by Gasteiger charge is 2.21. The summed E-state index contributed by atoms with van der Waals surface area (Å²) < 4.78 is 26.1. The summed E-state index contributed by atoms with van der Waals surface area (Å²) in [4.78, 5) is 0.830. The van der Waals surface area contributed by atoms with Gasteiger partial charge in [0.05, 0.1) is 9.80 Å². The minimum Gasteiger partial charge on any atom is -0.219 e. The second kappa shape index (κ2) is 6.93. The van der Waals surface area contributed by atoms with E-state index in [2.05, 4.69) is 13.5 Å². The monoisotopic (exact) mass is 314 g/mol. The molecule has 0 radical (unpaired) electrons. The lowest BCUT2D eigenvalue weighted by Crippen LogP contribution is -2.28. The molecular formula is C19H22O2S. The lowest BCUT2D eigenvalue weighted by Gasteiger charge is -2.10. The van der Waals surface area contributed by atoms with E-state index in [1.54, 1.807) is 12.1 Å². The van der Waals surface area contributed by atoms with Crippen molar-refractivity contribution in [1.29, 1.82) is 0 Å². The van der Waals surface area contributed by atoms with Crippen molar-refractivity contribution in [1.82, 2.24) is 0 Å². The van der Waals surface area contributed by atoms with Gasteiger partial charge in [-0.2, -0.15) is 0 Å². The predicted octanol–water partition coefficient (Wildman–Crippen LogP) is 3.18. The minimum atomic E-state index is -3.49. The van der Waals surface area contributed by atoms with Crippen molar-refractivity contribution in [2.75, 3.05) is 0 Å². The molecule has 0 N–H and O–H groups in total. The van der Waals surface area contributed by atoms with Gasteiger partial charge in [-0.25, -0.2) is 8.42 Å². The number of sulfone groups is 1. The van der Waals surface area contributed by atoms with Crippen LogP contribution in [-0.4, -0.2) is 8.42 Å². The van der Waals surface area contributed by atoms with Gasteiger partial charge in [-0.3, -0.25) is 0 Å². The number of hydrogen-bond donors (Lipinski definition) is 0. The summed E-state index contributed by atoms with van der Waals surface area (Å²) in [5.74, 6) is 0. The Hall–Kier alpha value is -1.87. The highest BCUT2D eigenvalue weighted by molar-refractivity contribution is 8.00. The fourth-order valence-electron chi connectivity index (χ4n) is 2.40. The first kappa shape index (κ1) is 16.5. The molecule has 0 aliphatic heterocycles. The van der Waals surface area contributed by atoms with Crippen molar-refractivity contribution >= 4 is 21.3 Å². The van der Waals surface area contributed by atoms with Crippen molar-refractivity contribution in [2.45, 2.75) is 38.0 Å². The molecule has 0 spiro atoms. The summed E-state index contributed by atoms with van der Waals surface area (Å²) in [6, 6.07) is 14.5. The lowest BCUT2D eigenvalue weighted by atomic mass is 10.2. The van der Waals surface area contributed by atoms with Gasteiger partial charge in [0.25, 0.3) is 0 Å². The lowest BCUT2D eigenvalue weighted by molar-refractivity contribution is 0.603. The van der Waals surface area contributed by atoms with Gasteiger partial charge in [0.2, 0.25) is 9.84 Å². The molecule has 0 fully saturated rings. The highest BCUT2D eigenvalue weighted by Crippen LogP contribution is 2.23. The molecule has 0 unspecified atom stereocenters. The highest BCUT2D eigenvalue weighted by atomic mass is 32.2. The smallest absolute Gasteiger partial charge is 0.203 e. The molecule has 2 rings (SSSR count). The minimum absolute atomic E-state index is 0.354. The molecule has 0 saturated carbocycles. The fourth-order valence-corrected chi connectivity index (χ4v) is 4.08. The van der Waals surface area contributed by atoms with Gasteiger partial charge in [0, 0.05) is 0 Å². The van der Waals surface area contributed by atoms with Crippen LogP contribution in [0.3, 0.4) is 0 Å². The third-order valence-corrected chi connectivity index (χ3v) is 5.70. The van der Waals surface area contributed by atoms with Crippen LogP contribution in [0.2, 0.25) is 0 Å². The van der Waals surface area contributed by atoms with Crippen molar-refractivity contribution in [3.05, 3.63) is 64.5 Å². The van der Waals surface area contributed by atoms with E-state index in [0.29, 0.717) is 16.2 Å².